The summed E-state index contributed by atoms with van der Waals surface area (Å²) in [6.45, 7) is 0.238. The van der Waals surface area contributed by atoms with Gasteiger partial charge < -0.3 is 14.5 Å². The number of carbonyl (C=O) groups excluding carboxylic acids is 1. The highest BCUT2D eigenvalue weighted by atomic mass is 32.2. The van der Waals surface area contributed by atoms with E-state index in [1.165, 1.54) is 36.4 Å². The number of rotatable bonds is 8. The van der Waals surface area contributed by atoms with Crippen LogP contribution in [0, 0.1) is 23.0 Å². The Labute approximate surface area is 223 Å². The van der Waals surface area contributed by atoms with E-state index in [1.807, 2.05) is 6.07 Å². The number of halogens is 2. The normalized spacial score (nSPS) is 15.8. The number of sulfonamides is 1. The van der Waals surface area contributed by atoms with Crippen LogP contribution in [0.5, 0.6) is 5.75 Å². The lowest BCUT2D eigenvalue weighted by molar-refractivity contribution is -0.124. The predicted octanol–water partition coefficient (Wildman–Crippen LogP) is 4.63. The highest BCUT2D eigenvalue weighted by Crippen LogP contribution is 2.30. The Morgan fingerprint density at radius 3 is 2.62 bits per heavy atom. The second kappa shape index (κ2) is 10.8. The van der Waals surface area contributed by atoms with Crippen molar-refractivity contribution in [1.82, 2.24) is 9.62 Å². The van der Waals surface area contributed by atoms with Crippen LogP contribution in [0.1, 0.15) is 29.5 Å². The number of hydrogen-bond acceptors (Lipinski definition) is 6. The van der Waals surface area contributed by atoms with Gasteiger partial charge in [-0.3, -0.25) is 4.79 Å². The largest absolute Gasteiger partial charge is 0.489 e. The first-order valence-electron chi connectivity index (χ1n) is 12.1. The molecule has 39 heavy (non-hydrogen) atoms. The van der Waals surface area contributed by atoms with Crippen molar-refractivity contribution in [2.24, 2.45) is 0 Å². The van der Waals surface area contributed by atoms with Crippen LogP contribution < -0.4 is 10.1 Å². The van der Waals surface area contributed by atoms with Crippen molar-refractivity contribution < 1.29 is 31.1 Å². The molecule has 1 aliphatic rings. The number of furan rings is 1. The van der Waals surface area contributed by atoms with Gasteiger partial charge in [0.1, 0.15) is 35.6 Å². The van der Waals surface area contributed by atoms with Crippen molar-refractivity contribution in [2.45, 2.75) is 37.1 Å². The molecular weight excluding hydrogens is 528 g/mol. The minimum Gasteiger partial charge on any atom is -0.489 e. The molecule has 1 aliphatic heterocycles. The lowest BCUT2D eigenvalue weighted by Crippen LogP contribution is -2.45. The third-order valence-electron chi connectivity index (χ3n) is 6.41. The second-order valence-electron chi connectivity index (χ2n) is 9.13. The molecule has 1 N–H and O–H groups in total. The van der Waals surface area contributed by atoms with E-state index in [1.54, 1.807) is 30.3 Å². The van der Waals surface area contributed by atoms with Gasteiger partial charge in [-0.15, -0.1) is 0 Å². The van der Waals surface area contributed by atoms with E-state index in [9.17, 15) is 22.0 Å². The van der Waals surface area contributed by atoms with E-state index < -0.39 is 33.6 Å². The van der Waals surface area contributed by atoms with Crippen LogP contribution in [0.3, 0.4) is 0 Å². The number of carbonyl (C=O) groups is 1. The summed E-state index contributed by atoms with van der Waals surface area (Å²) in [6, 6.07) is 16.9. The van der Waals surface area contributed by atoms with Crippen LogP contribution in [-0.4, -0.2) is 31.2 Å². The molecule has 0 saturated carbocycles. The first kappa shape index (κ1) is 26.3. The van der Waals surface area contributed by atoms with Crippen LogP contribution in [0.2, 0.25) is 0 Å². The molecule has 0 bridgehead atoms. The number of hydrogen-bond donors (Lipinski definition) is 1. The number of amides is 1. The third-order valence-corrected chi connectivity index (χ3v) is 8.18. The van der Waals surface area contributed by atoms with E-state index in [0.717, 1.165) is 9.87 Å². The molecule has 1 aromatic heterocycles. The molecular formula is C28H23F2N3O5S. The zero-order valence-corrected chi connectivity index (χ0v) is 21.4. The Morgan fingerprint density at radius 2 is 1.85 bits per heavy atom. The monoisotopic (exact) mass is 551 g/mol. The minimum atomic E-state index is -4.16. The van der Waals surface area contributed by atoms with Gasteiger partial charge in [-0.05, 0) is 66.4 Å². The molecule has 1 saturated heterocycles. The highest BCUT2D eigenvalue weighted by molar-refractivity contribution is 7.89. The molecule has 200 valence electrons. The molecule has 8 nitrogen and oxygen atoms in total. The van der Waals surface area contributed by atoms with Gasteiger partial charge in [-0.1, -0.05) is 12.1 Å². The van der Waals surface area contributed by atoms with Gasteiger partial charge >= 0.3 is 0 Å². The quantitative estimate of drug-likeness (QED) is 0.342. The van der Waals surface area contributed by atoms with E-state index in [-0.39, 0.29) is 36.1 Å². The minimum absolute atomic E-state index is 0.0435. The molecule has 0 aliphatic carbocycles. The summed E-state index contributed by atoms with van der Waals surface area (Å²) in [7, 11) is -4.16. The summed E-state index contributed by atoms with van der Waals surface area (Å²) in [6.07, 6.45) is 0.779. The molecule has 0 radical (unpaired) electrons. The Morgan fingerprint density at radius 1 is 1.05 bits per heavy atom. The average molecular weight is 552 g/mol. The average Bonchev–Trinajstić information content (AvgIpc) is 3.59. The van der Waals surface area contributed by atoms with Crippen LogP contribution in [0.4, 0.5) is 8.78 Å². The van der Waals surface area contributed by atoms with E-state index in [2.05, 4.69) is 5.32 Å². The van der Waals surface area contributed by atoms with E-state index in [0.29, 0.717) is 29.4 Å². The summed E-state index contributed by atoms with van der Waals surface area (Å²) < 4.78 is 66.5. The lowest BCUT2D eigenvalue weighted by Gasteiger charge is -2.22. The molecule has 1 atom stereocenters. The van der Waals surface area contributed by atoms with Crippen molar-refractivity contribution >= 4 is 26.9 Å². The smallest absolute Gasteiger partial charge is 0.277 e. The molecule has 1 fully saturated rings. The Hall–Kier alpha value is -4.27. The second-order valence-corrected chi connectivity index (χ2v) is 11.0. The van der Waals surface area contributed by atoms with Gasteiger partial charge in [0, 0.05) is 30.6 Å². The lowest BCUT2D eigenvalue weighted by atomic mass is 10.1. The molecule has 0 unspecified atom stereocenters. The van der Waals surface area contributed by atoms with Crippen molar-refractivity contribution in [3.8, 4) is 11.8 Å². The third kappa shape index (κ3) is 5.77. The maximum absolute atomic E-state index is 14.2. The topological polar surface area (TPSA) is 113 Å². The van der Waals surface area contributed by atoms with Crippen LogP contribution in [0.15, 0.2) is 76.2 Å². The van der Waals surface area contributed by atoms with Crippen molar-refractivity contribution in [3.63, 3.8) is 0 Å². The van der Waals surface area contributed by atoms with Gasteiger partial charge in [0.05, 0.1) is 11.6 Å². The zero-order valence-electron chi connectivity index (χ0n) is 20.6. The van der Waals surface area contributed by atoms with Gasteiger partial charge in [0.2, 0.25) is 11.0 Å². The summed E-state index contributed by atoms with van der Waals surface area (Å²) in [4.78, 5) is 13.0. The van der Waals surface area contributed by atoms with Crippen LogP contribution in [0.25, 0.3) is 11.0 Å². The maximum Gasteiger partial charge on any atom is 0.277 e. The molecule has 3 aromatic carbocycles. The van der Waals surface area contributed by atoms with E-state index in [4.69, 9.17) is 14.4 Å². The van der Waals surface area contributed by atoms with Crippen molar-refractivity contribution in [1.29, 1.82) is 5.26 Å². The van der Waals surface area contributed by atoms with Gasteiger partial charge in [-0.25, -0.2) is 17.2 Å². The molecule has 0 spiro atoms. The van der Waals surface area contributed by atoms with Crippen molar-refractivity contribution in [3.05, 3.63) is 95.1 Å². The van der Waals surface area contributed by atoms with Crippen LogP contribution >= 0.6 is 0 Å². The molecule has 5 rings (SSSR count). The highest BCUT2D eigenvalue weighted by Gasteiger charge is 2.41. The summed E-state index contributed by atoms with van der Waals surface area (Å²) in [5.74, 6) is -1.34. The fourth-order valence-electron chi connectivity index (χ4n) is 4.48. The summed E-state index contributed by atoms with van der Waals surface area (Å²) >= 11 is 0. The number of nitrogens with one attached hydrogen (secondary N) is 1. The van der Waals surface area contributed by atoms with Gasteiger partial charge in [0.15, 0.2) is 0 Å². The molecule has 4 aromatic rings. The zero-order chi connectivity index (χ0) is 27.6. The molecule has 11 heteroatoms. The SMILES string of the molecule is N#Cc1ccc(COc2cc(F)cc(CNC(=O)[C@@H]3CCCN3S(=O)(=O)c3cc4cc(F)ccc4o3)c2)cc1. The molecule has 1 amide bonds. The van der Waals surface area contributed by atoms with Crippen molar-refractivity contribution in [2.75, 3.05) is 6.54 Å². The first-order chi connectivity index (χ1) is 18.7. The summed E-state index contributed by atoms with van der Waals surface area (Å²) in [5, 5.41) is 11.5. The standard InChI is InChI=1S/C28H23F2N3O5S/c29-22-7-8-26-21(12-22)13-27(38-26)39(35,36)33-9-1-2-25(33)28(34)32-16-20-10-23(30)14-24(11-20)37-17-19-5-3-18(15-31)4-6-19/h3-8,10-14,25H,1-2,9,16-17H2,(H,32,34)/t25-/m0/s1. The number of benzene rings is 3. The van der Waals surface area contributed by atoms with Crippen LogP contribution in [-0.2, 0) is 28.0 Å². The number of nitrogens with zero attached hydrogens (tertiary/aromatic N) is 2. The maximum atomic E-state index is 14.2. The number of ether oxygens (including phenoxy) is 1. The first-order valence-corrected chi connectivity index (χ1v) is 13.6. The summed E-state index contributed by atoms with van der Waals surface area (Å²) in [5.41, 5.74) is 1.97. The fraction of sp³-hybridized carbons (Fsp3) is 0.214. The van der Waals surface area contributed by atoms with Gasteiger partial charge in [0.25, 0.3) is 10.0 Å². The number of fused-ring (bicyclic) bond motifs is 1. The fourth-order valence-corrected chi connectivity index (χ4v) is 6.09. The Kier molecular flexibility index (Phi) is 7.32. The number of nitriles is 1. The Balaban J connectivity index is 1.24. The predicted molar refractivity (Wildman–Crippen MR) is 137 cm³/mol. The van der Waals surface area contributed by atoms with E-state index >= 15 is 0 Å². The molecule has 2 heterocycles. The van der Waals surface area contributed by atoms with Gasteiger partial charge in [-0.2, -0.15) is 9.57 Å². The Bertz CT molecular complexity index is 1680.